The van der Waals surface area contributed by atoms with Crippen molar-refractivity contribution in [1.82, 2.24) is 5.32 Å². The number of nitrogens with zero attached hydrogens (tertiary/aromatic N) is 2. The van der Waals surface area contributed by atoms with Crippen molar-refractivity contribution in [3.8, 4) is 6.07 Å². The number of anilines is 1. The molecule has 19 heavy (non-hydrogen) atoms. The van der Waals surface area contributed by atoms with Crippen molar-refractivity contribution in [1.29, 1.82) is 5.26 Å². The molecule has 3 nitrogen and oxygen atoms in total. The van der Waals surface area contributed by atoms with E-state index in [1.165, 1.54) is 12.1 Å². The Morgan fingerprint density at radius 2 is 2.11 bits per heavy atom. The third kappa shape index (κ3) is 3.05. The van der Waals surface area contributed by atoms with E-state index in [2.05, 4.69) is 30.1 Å². The summed E-state index contributed by atoms with van der Waals surface area (Å²) in [5.41, 5.74) is 0.929. The molecule has 1 aliphatic rings. The molecule has 0 radical (unpaired) electrons. The molecule has 0 aliphatic carbocycles. The summed E-state index contributed by atoms with van der Waals surface area (Å²) in [7, 11) is 0. The predicted octanol–water partition coefficient (Wildman–Crippen LogP) is 2.69. The summed E-state index contributed by atoms with van der Waals surface area (Å²) in [6.07, 6.45) is 1.46. The highest BCUT2D eigenvalue weighted by Crippen LogP contribution is 2.31. The van der Waals surface area contributed by atoms with Crippen LogP contribution in [-0.2, 0) is 0 Å². The Morgan fingerprint density at radius 3 is 2.74 bits per heavy atom. The summed E-state index contributed by atoms with van der Waals surface area (Å²) in [4.78, 5) is 2.26. The monoisotopic (exact) mass is 261 g/mol. The number of hydrogen-bond donors (Lipinski definition) is 1. The minimum Gasteiger partial charge on any atom is -0.361 e. The molecule has 0 spiro atoms. The van der Waals surface area contributed by atoms with Crippen molar-refractivity contribution in [3.05, 3.63) is 30.1 Å². The lowest BCUT2D eigenvalue weighted by molar-refractivity contribution is 0.418. The molecule has 1 aliphatic heterocycles. The van der Waals surface area contributed by atoms with Crippen LogP contribution in [-0.4, -0.2) is 24.7 Å². The lowest BCUT2D eigenvalue weighted by Crippen LogP contribution is -2.50. The standard InChI is InChI=1S/C15H20FN3/c1-15(2)8-10-18-11-14(7-9-17)19(15)13-5-3-12(16)4-6-13/h3-6,14,18H,7-8,10-11H2,1-2H3. The van der Waals surface area contributed by atoms with E-state index in [-0.39, 0.29) is 17.4 Å². The van der Waals surface area contributed by atoms with Crippen molar-refractivity contribution >= 4 is 5.69 Å². The number of rotatable bonds is 2. The first-order valence-corrected chi connectivity index (χ1v) is 6.67. The summed E-state index contributed by atoms with van der Waals surface area (Å²) in [5.74, 6) is -0.230. The van der Waals surface area contributed by atoms with Crippen molar-refractivity contribution in [2.45, 2.75) is 38.3 Å². The molecule has 0 saturated carbocycles. The van der Waals surface area contributed by atoms with Crippen molar-refractivity contribution in [2.24, 2.45) is 0 Å². The van der Waals surface area contributed by atoms with E-state index < -0.39 is 0 Å². The lowest BCUT2D eigenvalue weighted by Gasteiger charge is -2.43. The van der Waals surface area contributed by atoms with Gasteiger partial charge in [-0.15, -0.1) is 0 Å². The van der Waals surface area contributed by atoms with Crippen LogP contribution in [0.3, 0.4) is 0 Å². The van der Waals surface area contributed by atoms with Crippen LogP contribution in [0.5, 0.6) is 0 Å². The zero-order valence-electron chi connectivity index (χ0n) is 11.5. The van der Waals surface area contributed by atoms with Gasteiger partial charge < -0.3 is 10.2 Å². The molecular formula is C15H20FN3. The van der Waals surface area contributed by atoms with Crippen LogP contribution in [0.1, 0.15) is 26.7 Å². The number of halogens is 1. The van der Waals surface area contributed by atoms with Gasteiger partial charge in [0.1, 0.15) is 5.82 Å². The van der Waals surface area contributed by atoms with Crippen molar-refractivity contribution < 1.29 is 4.39 Å². The summed E-state index contributed by atoms with van der Waals surface area (Å²) >= 11 is 0. The van der Waals surface area contributed by atoms with Gasteiger partial charge in [-0.1, -0.05) is 0 Å². The van der Waals surface area contributed by atoms with E-state index in [0.717, 1.165) is 25.2 Å². The minimum absolute atomic E-state index is 0.0527. The van der Waals surface area contributed by atoms with Gasteiger partial charge in [0.2, 0.25) is 0 Å². The van der Waals surface area contributed by atoms with Crippen LogP contribution < -0.4 is 10.2 Å². The fraction of sp³-hybridized carbons (Fsp3) is 0.533. The molecule has 1 saturated heterocycles. The minimum atomic E-state index is -0.230. The first kappa shape index (κ1) is 13.8. The maximum atomic E-state index is 13.1. The molecule has 0 amide bonds. The molecule has 1 aromatic carbocycles. The normalized spacial score (nSPS) is 22.6. The second-order valence-corrected chi connectivity index (χ2v) is 5.63. The van der Waals surface area contributed by atoms with E-state index in [0.29, 0.717) is 6.42 Å². The lowest BCUT2D eigenvalue weighted by atomic mass is 9.95. The Balaban J connectivity index is 2.38. The van der Waals surface area contributed by atoms with Gasteiger partial charge >= 0.3 is 0 Å². The molecule has 0 aromatic heterocycles. The fourth-order valence-electron chi connectivity index (χ4n) is 2.80. The quantitative estimate of drug-likeness (QED) is 0.889. The van der Waals surface area contributed by atoms with Crippen LogP contribution in [0.2, 0.25) is 0 Å². The van der Waals surface area contributed by atoms with Gasteiger partial charge in [0.25, 0.3) is 0 Å². The fourth-order valence-corrected chi connectivity index (χ4v) is 2.80. The predicted molar refractivity (Wildman–Crippen MR) is 74.5 cm³/mol. The average molecular weight is 261 g/mol. The van der Waals surface area contributed by atoms with Crippen LogP contribution in [0, 0.1) is 17.1 Å². The van der Waals surface area contributed by atoms with E-state index in [1.807, 2.05) is 0 Å². The topological polar surface area (TPSA) is 39.1 Å². The van der Waals surface area contributed by atoms with Gasteiger partial charge in [-0.2, -0.15) is 5.26 Å². The number of hydrogen-bond acceptors (Lipinski definition) is 3. The molecule has 102 valence electrons. The third-order valence-corrected chi connectivity index (χ3v) is 3.74. The molecule has 1 N–H and O–H groups in total. The van der Waals surface area contributed by atoms with Gasteiger partial charge in [-0.3, -0.25) is 0 Å². The summed E-state index contributed by atoms with van der Waals surface area (Å²) in [6.45, 7) is 6.07. The molecule has 1 heterocycles. The number of benzene rings is 1. The molecule has 4 heteroatoms. The Kier molecular flexibility index (Phi) is 4.06. The van der Waals surface area contributed by atoms with Crippen LogP contribution in [0.15, 0.2) is 24.3 Å². The van der Waals surface area contributed by atoms with Gasteiger partial charge in [0.15, 0.2) is 0 Å². The molecule has 2 rings (SSSR count). The third-order valence-electron chi connectivity index (χ3n) is 3.74. The maximum absolute atomic E-state index is 13.1. The largest absolute Gasteiger partial charge is 0.361 e. The zero-order chi connectivity index (χ0) is 13.9. The second-order valence-electron chi connectivity index (χ2n) is 5.63. The van der Waals surface area contributed by atoms with Crippen LogP contribution in [0.4, 0.5) is 10.1 Å². The van der Waals surface area contributed by atoms with Gasteiger partial charge in [-0.25, -0.2) is 4.39 Å². The molecule has 1 fully saturated rings. The summed E-state index contributed by atoms with van der Waals surface area (Å²) in [6, 6.07) is 8.93. The van der Waals surface area contributed by atoms with Crippen LogP contribution >= 0.6 is 0 Å². The van der Waals surface area contributed by atoms with Crippen molar-refractivity contribution in [3.63, 3.8) is 0 Å². The van der Waals surface area contributed by atoms with E-state index in [1.54, 1.807) is 12.1 Å². The van der Waals surface area contributed by atoms with Crippen LogP contribution in [0.25, 0.3) is 0 Å². The second kappa shape index (κ2) is 5.58. The zero-order valence-corrected chi connectivity index (χ0v) is 11.5. The molecule has 1 aromatic rings. The number of nitriles is 1. The molecule has 1 atom stereocenters. The van der Waals surface area contributed by atoms with Crippen molar-refractivity contribution in [2.75, 3.05) is 18.0 Å². The number of nitrogens with one attached hydrogen (secondary N) is 1. The Bertz CT molecular complexity index is 461. The van der Waals surface area contributed by atoms with E-state index in [4.69, 9.17) is 5.26 Å². The van der Waals surface area contributed by atoms with Gasteiger partial charge in [-0.05, 0) is 51.1 Å². The highest BCUT2D eigenvalue weighted by Gasteiger charge is 2.34. The first-order chi connectivity index (χ1) is 9.04. The maximum Gasteiger partial charge on any atom is 0.123 e. The SMILES string of the molecule is CC1(C)CCNCC(CC#N)N1c1ccc(F)cc1. The average Bonchev–Trinajstić information content (AvgIpc) is 2.50. The summed E-state index contributed by atoms with van der Waals surface area (Å²) in [5, 5.41) is 12.4. The highest BCUT2D eigenvalue weighted by molar-refractivity contribution is 5.50. The molecule has 1 unspecified atom stereocenters. The van der Waals surface area contributed by atoms with E-state index >= 15 is 0 Å². The Hall–Kier alpha value is -1.60. The molecule has 0 bridgehead atoms. The smallest absolute Gasteiger partial charge is 0.123 e. The van der Waals surface area contributed by atoms with Gasteiger partial charge in [0, 0.05) is 17.8 Å². The molecular weight excluding hydrogens is 241 g/mol. The first-order valence-electron chi connectivity index (χ1n) is 6.67. The van der Waals surface area contributed by atoms with Gasteiger partial charge in [0.05, 0.1) is 18.5 Å². The Labute approximate surface area is 114 Å². The van der Waals surface area contributed by atoms with E-state index in [9.17, 15) is 4.39 Å². The Morgan fingerprint density at radius 1 is 1.42 bits per heavy atom. The highest BCUT2D eigenvalue weighted by atomic mass is 19.1. The summed E-state index contributed by atoms with van der Waals surface area (Å²) < 4.78 is 13.1.